The Labute approximate surface area is 135 Å². The van der Waals surface area contributed by atoms with Crippen LogP contribution in [0.1, 0.15) is 16.1 Å². The van der Waals surface area contributed by atoms with Crippen molar-refractivity contribution in [1.82, 2.24) is 14.5 Å². The smallest absolute Gasteiger partial charge is 0.262 e. The maximum absolute atomic E-state index is 12.5. The lowest BCUT2D eigenvalue weighted by Gasteiger charge is -2.06. The molecule has 0 aliphatic heterocycles. The summed E-state index contributed by atoms with van der Waals surface area (Å²) in [6, 6.07) is 7.22. The van der Waals surface area contributed by atoms with Crippen molar-refractivity contribution in [1.29, 1.82) is 5.26 Å². The molecule has 0 fully saturated rings. The van der Waals surface area contributed by atoms with E-state index in [1.165, 1.54) is 27.7 Å². The third-order valence-corrected chi connectivity index (χ3v) is 5.49. The van der Waals surface area contributed by atoms with Crippen LogP contribution in [0.2, 0.25) is 0 Å². The van der Waals surface area contributed by atoms with Crippen LogP contribution in [0, 0.1) is 25.2 Å². The summed E-state index contributed by atoms with van der Waals surface area (Å²) in [6.07, 6.45) is 0. The molecule has 3 heterocycles. The molecule has 5 nitrogen and oxygen atoms in total. The number of aryl methyl sites for hydroxylation is 2. The number of fused-ring (bicyclic) bond motifs is 1. The molecule has 0 atom stereocenters. The number of hydrogen-bond acceptors (Lipinski definition) is 6. The van der Waals surface area contributed by atoms with Gasteiger partial charge in [-0.1, -0.05) is 6.07 Å². The molecule has 0 saturated heterocycles. The van der Waals surface area contributed by atoms with E-state index in [4.69, 9.17) is 5.26 Å². The minimum Gasteiger partial charge on any atom is -0.290 e. The van der Waals surface area contributed by atoms with Crippen molar-refractivity contribution in [3.63, 3.8) is 0 Å². The van der Waals surface area contributed by atoms with Crippen molar-refractivity contribution in [2.45, 2.75) is 24.0 Å². The van der Waals surface area contributed by atoms with Crippen LogP contribution in [0.3, 0.4) is 0 Å². The van der Waals surface area contributed by atoms with E-state index in [0.717, 1.165) is 15.3 Å². The molecule has 0 unspecified atom stereocenters. The molecule has 0 aliphatic rings. The second-order valence-electron chi connectivity index (χ2n) is 4.80. The molecule has 110 valence electrons. The molecule has 3 aromatic heterocycles. The van der Waals surface area contributed by atoms with Gasteiger partial charge in [0.25, 0.3) is 5.56 Å². The maximum Gasteiger partial charge on any atom is 0.262 e. The second kappa shape index (κ2) is 5.55. The fraction of sp³-hybridized carbons (Fsp3) is 0.200. The zero-order chi connectivity index (χ0) is 15.9. The summed E-state index contributed by atoms with van der Waals surface area (Å²) in [5, 5.41) is 10.8. The zero-order valence-corrected chi connectivity index (χ0v) is 13.9. The number of aromatic nitrogens is 3. The lowest BCUT2D eigenvalue weighted by molar-refractivity contribution is 0.726. The molecule has 0 amide bonds. The second-order valence-corrected chi connectivity index (χ2v) is 6.99. The Balaban J connectivity index is 2.13. The van der Waals surface area contributed by atoms with E-state index < -0.39 is 0 Å². The molecule has 0 spiro atoms. The highest BCUT2D eigenvalue weighted by atomic mass is 32.2. The monoisotopic (exact) mass is 328 g/mol. The summed E-state index contributed by atoms with van der Waals surface area (Å²) in [6.45, 7) is 3.94. The number of nitriles is 1. The first-order chi connectivity index (χ1) is 10.5. The lowest BCUT2D eigenvalue weighted by atomic mass is 10.2. The average Bonchev–Trinajstić information content (AvgIpc) is 2.79. The molecular formula is C15H12N4OS2. The van der Waals surface area contributed by atoms with Gasteiger partial charge in [-0.25, -0.2) is 9.97 Å². The third-order valence-electron chi connectivity index (χ3n) is 3.40. The summed E-state index contributed by atoms with van der Waals surface area (Å²) in [4.78, 5) is 23.2. The van der Waals surface area contributed by atoms with E-state index in [-0.39, 0.29) is 5.56 Å². The highest BCUT2D eigenvalue weighted by Crippen LogP contribution is 2.30. The molecular weight excluding hydrogens is 316 g/mol. The molecule has 3 rings (SSSR count). The average molecular weight is 328 g/mol. The van der Waals surface area contributed by atoms with Crippen LogP contribution < -0.4 is 5.56 Å². The normalized spacial score (nSPS) is 10.8. The van der Waals surface area contributed by atoms with E-state index in [1.807, 2.05) is 19.9 Å². The molecule has 3 aromatic rings. The highest BCUT2D eigenvalue weighted by Gasteiger charge is 2.15. The van der Waals surface area contributed by atoms with Gasteiger partial charge >= 0.3 is 0 Å². The number of thiophene rings is 1. The van der Waals surface area contributed by atoms with Crippen LogP contribution in [-0.2, 0) is 7.05 Å². The van der Waals surface area contributed by atoms with Crippen LogP contribution in [0.5, 0.6) is 0 Å². The van der Waals surface area contributed by atoms with Gasteiger partial charge < -0.3 is 0 Å². The Morgan fingerprint density at radius 2 is 2.09 bits per heavy atom. The Bertz CT molecular complexity index is 982. The number of pyridine rings is 1. The Morgan fingerprint density at radius 1 is 1.32 bits per heavy atom. The first-order valence-corrected chi connectivity index (χ1v) is 8.16. The van der Waals surface area contributed by atoms with Gasteiger partial charge in [0.1, 0.15) is 21.6 Å². The summed E-state index contributed by atoms with van der Waals surface area (Å²) < 4.78 is 1.53. The summed E-state index contributed by atoms with van der Waals surface area (Å²) >= 11 is 2.81. The highest BCUT2D eigenvalue weighted by molar-refractivity contribution is 7.99. The Kier molecular flexibility index (Phi) is 3.72. The predicted molar refractivity (Wildman–Crippen MR) is 87.4 cm³/mol. The van der Waals surface area contributed by atoms with Crippen molar-refractivity contribution in [3.05, 3.63) is 44.7 Å². The number of rotatable bonds is 2. The van der Waals surface area contributed by atoms with Crippen LogP contribution >= 0.6 is 23.1 Å². The molecule has 0 bridgehead atoms. The fourth-order valence-corrected chi connectivity index (χ4v) is 3.99. The third kappa shape index (κ3) is 2.40. The van der Waals surface area contributed by atoms with Crippen LogP contribution in [0.4, 0.5) is 0 Å². The number of hydrogen-bond donors (Lipinski definition) is 0. The van der Waals surface area contributed by atoms with Gasteiger partial charge in [0.2, 0.25) is 0 Å². The van der Waals surface area contributed by atoms with Gasteiger partial charge in [0, 0.05) is 11.9 Å². The summed E-state index contributed by atoms with van der Waals surface area (Å²) in [5.74, 6) is 0. The van der Waals surface area contributed by atoms with Gasteiger partial charge in [-0.3, -0.25) is 9.36 Å². The largest absolute Gasteiger partial charge is 0.290 e. The molecule has 0 radical (unpaired) electrons. The van der Waals surface area contributed by atoms with Crippen LogP contribution in [0.25, 0.3) is 10.2 Å². The topological polar surface area (TPSA) is 71.6 Å². The zero-order valence-electron chi connectivity index (χ0n) is 12.2. The minimum atomic E-state index is -0.0502. The number of nitrogens with zero attached hydrogens (tertiary/aromatic N) is 4. The van der Waals surface area contributed by atoms with Crippen LogP contribution in [0.15, 0.2) is 33.2 Å². The molecule has 7 heteroatoms. The van der Waals surface area contributed by atoms with E-state index >= 15 is 0 Å². The van der Waals surface area contributed by atoms with E-state index in [2.05, 4.69) is 9.97 Å². The van der Waals surface area contributed by atoms with E-state index in [1.54, 1.807) is 25.2 Å². The standard InChI is InChI=1S/C15H12N4OS2/c1-8-9(2)21-13-12(8)14(20)19(3)15(18-13)22-11-6-4-5-10(7-16)17-11/h4-6H,1-3H3. The first-order valence-electron chi connectivity index (χ1n) is 6.53. The Morgan fingerprint density at radius 3 is 2.82 bits per heavy atom. The van der Waals surface area contributed by atoms with Crippen LogP contribution in [-0.4, -0.2) is 14.5 Å². The molecule has 0 aromatic carbocycles. The van der Waals surface area contributed by atoms with Gasteiger partial charge in [0.15, 0.2) is 5.16 Å². The molecule has 22 heavy (non-hydrogen) atoms. The lowest BCUT2D eigenvalue weighted by Crippen LogP contribution is -2.19. The predicted octanol–water partition coefficient (Wildman–Crippen LogP) is 3.03. The molecule has 0 N–H and O–H groups in total. The Hall–Kier alpha value is -2.17. The van der Waals surface area contributed by atoms with Gasteiger partial charge in [-0.05, 0) is 43.3 Å². The minimum absolute atomic E-state index is 0.0502. The van der Waals surface area contributed by atoms with Crippen molar-refractivity contribution < 1.29 is 0 Å². The van der Waals surface area contributed by atoms with Crippen molar-refractivity contribution in [2.24, 2.45) is 7.05 Å². The van der Waals surface area contributed by atoms with E-state index in [0.29, 0.717) is 21.3 Å². The first kappa shape index (κ1) is 14.8. The fourth-order valence-electron chi connectivity index (χ4n) is 2.07. The van der Waals surface area contributed by atoms with Gasteiger partial charge in [0.05, 0.1) is 5.39 Å². The van der Waals surface area contributed by atoms with Gasteiger partial charge in [-0.15, -0.1) is 11.3 Å². The van der Waals surface area contributed by atoms with Crippen molar-refractivity contribution >= 4 is 33.3 Å². The maximum atomic E-state index is 12.5. The molecule has 0 saturated carbocycles. The van der Waals surface area contributed by atoms with Crippen molar-refractivity contribution in [3.8, 4) is 6.07 Å². The van der Waals surface area contributed by atoms with Crippen molar-refractivity contribution in [2.75, 3.05) is 0 Å². The summed E-state index contributed by atoms with van der Waals surface area (Å²) in [7, 11) is 1.71. The van der Waals surface area contributed by atoms with Gasteiger partial charge in [-0.2, -0.15) is 5.26 Å². The summed E-state index contributed by atoms with van der Waals surface area (Å²) in [5.41, 5.74) is 1.29. The van der Waals surface area contributed by atoms with E-state index in [9.17, 15) is 4.79 Å². The molecule has 0 aliphatic carbocycles. The quantitative estimate of drug-likeness (QED) is 0.676. The SMILES string of the molecule is Cc1sc2nc(Sc3cccc(C#N)n3)n(C)c(=O)c2c1C.